The fraction of sp³-hybridized carbons (Fsp3) is 0. The first-order valence-corrected chi connectivity index (χ1v) is 4.24. The van der Waals surface area contributed by atoms with E-state index in [1.807, 2.05) is 0 Å². The Morgan fingerprint density at radius 1 is 1.43 bits per heavy atom. The number of hydrogen-bond donors (Lipinski definition) is 0. The summed E-state index contributed by atoms with van der Waals surface area (Å²) in [4.78, 5) is 26.3. The minimum Gasteiger partial charge on any atom is -0.275 e. The molecule has 0 bridgehead atoms. The highest BCUT2D eigenvalue weighted by atomic mass is 35.5. The third kappa shape index (κ3) is 1.29. The van der Waals surface area contributed by atoms with E-state index in [-0.39, 0.29) is 5.56 Å². The van der Waals surface area contributed by atoms with Crippen molar-refractivity contribution in [1.82, 2.24) is 9.38 Å². The molecule has 0 atom stereocenters. The molecule has 0 spiro atoms. The molecule has 14 heavy (non-hydrogen) atoms. The molecule has 2 aromatic heterocycles. The number of carbonyl (C=O) groups is 1. The second-order valence-corrected chi connectivity index (χ2v) is 3.02. The van der Waals surface area contributed by atoms with Gasteiger partial charge in [0.15, 0.2) is 0 Å². The van der Waals surface area contributed by atoms with Crippen molar-refractivity contribution in [3.63, 3.8) is 0 Å². The second-order valence-electron chi connectivity index (χ2n) is 2.68. The summed E-state index contributed by atoms with van der Waals surface area (Å²) in [6.07, 6.45) is 2.72. The Balaban J connectivity index is 2.89. The van der Waals surface area contributed by atoms with Crippen molar-refractivity contribution >= 4 is 22.5 Å². The zero-order valence-corrected chi connectivity index (χ0v) is 7.73. The lowest BCUT2D eigenvalue weighted by Crippen LogP contribution is -2.20. The first kappa shape index (κ1) is 8.90. The van der Waals surface area contributed by atoms with Crippen molar-refractivity contribution in [3.05, 3.63) is 46.5 Å². The van der Waals surface area contributed by atoms with E-state index in [0.29, 0.717) is 5.65 Å². The lowest BCUT2D eigenvalue weighted by atomic mass is 10.3. The van der Waals surface area contributed by atoms with Gasteiger partial charge in [0.1, 0.15) is 11.2 Å². The predicted molar refractivity (Wildman–Crippen MR) is 51.6 cm³/mol. The minimum atomic E-state index is -0.791. The highest BCUT2D eigenvalue weighted by Crippen LogP contribution is 1.99. The maximum absolute atomic E-state index is 11.6. The molecule has 2 rings (SSSR count). The van der Waals surface area contributed by atoms with Crippen LogP contribution in [0.2, 0.25) is 0 Å². The van der Waals surface area contributed by atoms with Gasteiger partial charge in [-0.2, -0.15) is 0 Å². The molecular formula is C9H5ClN2O2. The quantitative estimate of drug-likeness (QED) is 0.659. The maximum atomic E-state index is 11.6. The molecule has 0 saturated carbocycles. The zero-order valence-electron chi connectivity index (χ0n) is 6.98. The summed E-state index contributed by atoms with van der Waals surface area (Å²) in [6, 6.07) is 5.10. The van der Waals surface area contributed by atoms with E-state index in [0.717, 1.165) is 0 Å². The summed E-state index contributed by atoms with van der Waals surface area (Å²) < 4.78 is 1.27. The maximum Gasteiger partial charge on any atom is 0.270 e. The van der Waals surface area contributed by atoms with Gasteiger partial charge in [-0.25, -0.2) is 4.98 Å². The summed E-state index contributed by atoms with van der Waals surface area (Å²) in [6.45, 7) is 0. The van der Waals surface area contributed by atoms with Crippen molar-refractivity contribution in [1.29, 1.82) is 0 Å². The molecule has 70 valence electrons. The van der Waals surface area contributed by atoms with Gasteiger partial charge in [0.2, 0.25) is 0 Å². The summed E-state index contributed by atoms with van der Waals surface area (Å²) in [5, 5.41) is -0.791. The van der Waals surface area contributed by atoms with Gasteiger partial charge >= 0.3 is 0 Å². The molecule has 2 aromatic rings. The lowest BCUT2D eigenvalue weighted by molar-refractivity contribution is 0.107. The van der Waals surface area contributed by atoms with Crippen LogP contribution in [-0.2, 0) is 0 Å². The lowest BCUT2D eigenvalue weighted by Gasteiger charge is -1.99. The number of fused-ring (bicyclic) bond motifs is 1. The standard InChI is InChI=1S/C9H5ClN2O2/c10-8(13)6-5-11-7-3-1-2-4-12(7)9(6)14/h1-5H. The number of nitrogens with zero attached hydrogens (tertiary/aromatic N) is 2. The van der Waals surface area contributed by atoms with Crippen LogP contribution in [0, 0.1) is 0 Å². The van der Waals surface area contributed by atoms with Crippen LogP contribution in [0.1, 0.15) is 10.4 Å². The molecule has 0 N–H and O–H groups in total. The largest absolute Gasteiger partial charge is 0.275 e. The van der Waals surface area contributed by atoms with Crippen molar-refractivity contribution in [2.75, 3.05) is 0 Å². The van der Waals surface area contributed by atoms with E-state index in [4.69, 9.17) is 11.6 Å². The van der Waals surface area contributed by atoms with Crippen molar-refractivity contribution in [3.8, 4) is 0 Å². The van der Waals surface area contributed by atoms with Gasteiger partial charge in [0.05, 0.1) is 0 Å². The van der Waals surface area contributed by atoms with E-state index in [1.54, 1.807) is 18.2 Å². The predicted octanol–water partition coefficient (Wildman–Crippen LogP) is 1.07. The van der Waals surface area contributed by atoms with Gasteiger partial charge in [-0.15, -0.1) is 0 Å². The minimum absolute atomic E-state index is 0.115. The van der Waals surface area contributed by atoms with Crippen molar-refractivity contribution < 1.29 is 4.79 Å². The van der Waals surface area contributed by atoms with Crippen LogP contribution in [0.3, 0.4) is 0 Å². The molecule has 0 fully saturated rings. The van der Waals surface area contributed by atoms with E-state index < -0.39 is 10.8 Å². The fourth-order valence-electron chi connectivity index (χ4n) is 1.16. The van der Waals surface area contributed by atoms with Crippen molar-refractivity contribution in [2.24, 2.45) is 0 Å². The Morgan fingerprint density at radius 3 is 2.93 bits per heavy atom. The Kier molecular flexibility index (Phi) is 2.05. The van der Waals surface area contributed by atoms with Crippen LogP contribution in [-0.4, -0.2) is 14.6 Å². The van der Waals surface area contributed by atoms with E-state index in [1.165, 1.54) is 16.8 Å². The van der Waals surface area contributed by atoms with E-state index >= 15 is 0 Å². The van der Waals surface area contributed by atoms with Gasteiger partial charge in [-0.1, -0.05) is 6.07 Å². The number of carbonyl (C=O) groups excluding carboxylic acids is 1. The van der Waals surface area contributed by atoms with Crippen LogP contribution < -0.4 is 5.56 Å². The molecule has 0 amide bonds. The Morgan fingerprint density at radius 2 is 2.21 bits per heavy atom. The number of hydrogen-bond acceptors (Lipinski definition) is 3. The number of pyridine rings is 1. The highest BCUT2D eigenvalue weighted by Gasteiger charge is 2.09. The molecule has 0 aliphatic carbocycles. The van der Waals surface area contributed by atoms with Gasteiger partial charge in [0.25, 0.3) is 10.8 Å². The average Bonchev–Trinajstić information content (AvgIpc) is 2.18. The summed E-state index contributed by atoms with van der Waals surface area (Å²) in [7, 11) is 0. The Labute approximate surface area is 83.8 Å². The second kappa shape index (κ2) is 3.23. The zero-order chi connectivity index (χ0) is 10.1. The van der Waals surface area contributed by atoms with Gasteiger partial charge in [-0.05, 0) is 23.7 Å². The SMILES string of the molecule is O=C(Cl)c1cnc2ccccn2c1=O. The molecule has 0 radical (unpaired) electrons. The van der Waals surface area contributed by atoms with Crippen LogP contribution in [0.25, 0.3) is 5.65 Å². The number of aromatic nitrogens is 2. The van der Waals surface area contributed by atoms with Gasteiger partial charge in [-0.3, -0.25) is 14.0 Å². The third-order valence-corrected chi connectivity index (χ3v) is 2.03. The number of rotatable bonds is 1. The topological polar surface area (TPSA) is 51.4 Å². The van der Waals surface area contributed by atoms with E-state index in [2.05, 4.69) is 4.98 Å². The highest BCUT2D eigenvalue weighted by molar-refractivity contribution is 6.67. The summed E-state index contributed by atoms with van der Waals surface area (Å²) >= 11 is 5.22. The normalized spacial score (nSPS) is 10.4. The molecule has 5 heteroatoms. The summed E-state index contributed by atoms with van der Waals surface area (Å²) in [5.41, 5.74) is -0.0786. The first-order chi connectivity index (χ1) is 6.70. The Hall–Kier alpha value is -1.68. The van der Waals surface area contributed by atoms with Crippen LogP contribution in [0.5, 0.6) is 0 Å². The molecule has 2 heterocycles. The molecule has 0 aliphatic heterocycles. The fourth-order valence-corrected chi connectivity index (χ4v) is 1.29. The average molecular weight is 209 g/mol. The van der Waals surface area contributed by atoms with Crippen LogP contribution in [0.4, 0.5) is 0 Å². The summed E-state index contributed by atoms with van der Waals surface area (Å²) in [5.74, 6) is 0. The molecule has 0 saturated heterocycles. The molecule has 0 unspecified atom stereocenters. The Bertz CT molecular complexity index is 562. The smallest absolute Gasteiger partial charge is 0.270 e. The van der Waals surface area contributed by atoms with Gasteiger partial charge < -0.3 is 0 Å². The molecular weight excluding hydrogens is 204 g/mol. The molecule has 0 aromatic carbocycles. The first-order valence-electron chi connectivity index (χ1n) is 3.86. The van der Waals surface area contributed by atoms with Crippen LogP contribution in [0.15, 0.2) is 35.4 Å². The number of halogens is 1. The third-order valence-electron chi connectivity index (χ3n) is 1.83. The van der Waals surface area contributed by atoms with Crippen molar-refractivity contribution in [2.45, 2.75) is 0 Å². The van der Waals surface area contributed by atoms with E-state index in [9.17, 15) is 9.59 Å². The molecule has 0 aliphatic rings. The van der Waals surface area contributed by atoms with Crippen LogP contribution >= 0.6 is 11.6 Å². The molecule has 4 nitrogen and oxygen atoms in total. The van der Waals surface area contributed by atoms with Gasteiger partial charge in [0, 0.05) is 12.4 Å². The monoisotopic (exact) mass is 208 g/mol.